The number of benzene rings is 1. The minimum absolute atomic E-state index is 0.0643. The number of carbonyl (C=O) groups excluding carboxylic acids is 1. The van der Waals surface area contributed by atoms with Crippen LogP contribution in [0.4, 0.5) is 36.8 Å². The van der Waals surface area contributed by atoms with Gasteiger partial charge in [0, 0.05) is 70.0 Å². The summed E-state index contributed by atoms with van der Waals surface area (Å²) < 4.78 is 83.1. The minimum atomic E-state index is -4.65. The summed E-state index contributed by atoms with van der Waals surface area (Å²) in [6.07, 6.45) is -11.7. The van der Waals surface area contributed by atoms with Crippen molar-refractivity contribution < 1.29 is 45.8 Å². The van der Waals surface area contributed by atoms with Crippen LogP contribution in [-0.2, 0) is 22.3 Å². The van der Waals surface area contributed by atoms with E-state index >= 15 is 0 Å². The number of piperazine rings is 1. The summed E-state index contributed by atoms with van der Waals surface area (Å²) in [7, 11) is 0. The Morgan fingerprint density at radius 3 is 2.24 bits per heavy atom. The SMILES string of the molecule is CC(OC(=O)N1CCN(Cc2ccc(C(F)(F)F)cc2N2CCC3(CN(CC(=O)O)C3)C2)CC1)C(F)(F)F. The standard InChI is InChI=1S/C24H30F6N4O4/c1-16(23(25,26)27)38-21(37)33-8-6-31(7-9-33)11-17-2-3-18(24(28,29)30)10-19(17)34-5-4-22(15-34)13-32(14-22)12-20(35)36/h2-3,10,16H,4-9,11-15H2,1H3,(H,35,36). The van der Waals surface area contributed by atoms with Crippen LogP contribution < -0.4 is 4.90 Å². The molecule has 1 N–H and O–H groups in total. The molecular formula is C24H30F6N4O4. The van der Waals surface area contributed by atoms with Crippen molar-refractivity contribution in [3.63, 3.8) is 0 Å². The molecule has 14 heteroatoms. The van der Waals surface area contributed by atoms with Crippen LogP contribution in [0, 0.1) is 5.41 Å². The third-order valence-electron chi connectivity index (χ3n) is 7.43. The number of ether oxygens (including phenoxy) is 1. The molecule has 0 aliphatic carbocycles. The Morgan fingerprint density at radius 2 is 1.66 bits per heavy atom. The van der Waals surface area contributed by atoms with Crippen LogP contribution in [-0.4, -0.2) is 103 Å². The van der Waals surface area contributed by atoms with Gasteiger partial charge >= 0.3 is 24.4 Å². The first-order valence-corrected chi connectivity index (χ1v) is 12.3. The number of aliphatic carboxylic acids is 1. The molecule has 0 radical (unpaired) electrons. The first-order valence-electron chi connectivity index (χ1n) is 12.3. The summed E-state index contributed by atoms with van der Waals surface area (Å²) in [6, 6.07) is 3.63. The Kier molecular flexibility index (Phi) is 7.77. The van der Waals surface area contributed by atoms with E-state index in [9.17, 15) is 35.9 Å². The van der Waals surface area contributed by atoms with Crippen molar-refractivity contribution in [2.45, 2.75) is 38.3 Å². The van der Waals surface area contributed by atoms with Gasteiger partial charge in [0.05, 0.1) is 12.1 Å². The van der Waals surface area contributed by atoms with Crippen LogP contribution in [0.3, 0.4) is 0 Å². The molecule has 1 spiro atoms. The van der Waals surface area contributed by atoms with Gasteiger partial charge < -0.3 is 19.6 Å². The van der Waals surface area contributed by atoms with Gasteiger partial charge in [0.1, 0.15) is 0 Å². The molecule has 0 bridgehead atoms. The van der Waals surface area contributed by atoms with Gasteiger partial charge in [-0.05, 0) is 31.0 Å². The third kappa shape index (κ3) is 6.45. The highest BCUT2D eigenvalue weighted by Gasteiger charge is 2.48. The van der Waals surface area contributed by atoms with Crippen molar-refractivity contribution in [3.8, 4) is 0 Å². The molecule has 3 fully saturated rings. The molecule has 212 valence electrons. The highest BCUT2D eigenvalue weighted by Crippen LogP contribution is 2.43. The van der Waals surface area contributed by atoms with Crippen LogP contribution in [0.2, 0.25) is 0 Å². The van der Waals surface area contributed by atoms with Gasteiger partial charge in [-0.2, -0.15) is 26.3 Å². The van der Waals surface area contributed by atoms with E-state index in [1.807, 2.05) is 9.80 Å². The Morgan fingerprint density at radius 1 is 1.00 bits per heavy atom. The lowest BCUT2D eigenvalue weighted by Crippen LogP contribution is -2.58. The van der Waals surface area contributed by atoms with Crippen LogP contribution in [0.1, 0.15) is 24.5 Å². The maximum atomic E-state index is 13.5. The fraction of sp³-hybridized carbons (Fsp3) is 0.667. The molecule has 0 aromatic heterocycles. The number of likely N-dealkylation sites (tertiary alicyclic amines) is 1. The van der Waals surface area contributed by atoms with Gasteiger partial charge in [-0.3, -0.25) is 14.6 Å². The van der Waals surface area contributed by atoms with Gasteiger partial charge in [-0.25, -0.2) is 4.79 Å². The average molecular weight is 553 g/mol. The van der Waals surface area contributed by atoms with Crippen LogP contribution >= 0.6 is 0 Å². The maximum absolute atomic E-state index is 13.5. The number of halogens is 6. The molecule has 4 rings (SSSR count). The molecule has 3 aliphatic heterocycles. The second-order valence-corrected chi connectivity index (χ2v) is 10.4. The number of alkyl halides is 6. The first-order chi connectivity index (χ1) is 17.6. The number of nitrogens with zero attached hydrogens (tertiary/aromatic N) is 4. The zero-order valence-corrected chi connectivity index (χ0v) is 20.8. The van der Waals surface area contributed by atoms with E-state index in [-0.39, 0.29) is 25.0 Å². The van der Waals surface area contributed by atoms with Crippen LogP contribution in [0.5, 0.6) is 0 Å². The lowest BCUT2D eigenvalue weighted by Gasteiger charge is -2.47. The van der Waals surface area contributed by atoms with E-state index in [1.54, 1.807) is 4.90 Å². The van der Waals surface area contributed by atoms with Crippen molar-refractivity contribution in [1.29, 1.82) is 0 Å². The average Bonchev–Trinajstić information content (AvgIpc) is 3.23. The fourth-order valence-electron chi connectivity index (χ4n) is 5.39. The number of amides is 1. The van der Waals surface area contributed by atoms with Gasteiger partial charge in [-0.1, -0.05) is 6.07 Å². The molecule has 1 aromatic carbocycles. The molecule has 8 nitrogen and oxygen atoms in total. The summed E-state index contributed by atoms with van der Waals surface area (Å²) in [5, 5.41) is 8.99. The molecule has 1 atom stereocenters. The molecule has 1 amide bonds. The summed E-state index contributed by atoms with van der Waals surface area (Å²) in [5.74, 6) is -0.918. The number of carboxylic acid groups (broad SMARTS) is 1. The van der Waals surface area contributed by atoms with E-state index in [4.69, 9.17) is 5.11 Å². The van der Waals surface area contributed by atoms with E-state index in [2.05, 4.69) is 4.74 Å². The number of carboxylic acids is 1. The van der Waals surface area contributed by atoms with Crippen LogP contribution in [0.15, 0.2) is 18.2 Å². The molecular weight excluding hydrogens is 522 g/mol. The third-order valence-corrected chi connectivity index (χ3v) is 7.43. The van der Waals surface area contributed by atoms with Crippen LogP contribution in [0.25, 0.3) is 0 Å². The maximum Gasteiger partial charge on any atom is 0.425 e. The summed E-state index contributed by atoms with van der Waals surface area (Å²) in [5.41, 5.74) is 0.234. The molecule has 0 saturated carbocycles. The lowest BCUT2D eigenvalue weighted by atomic mass is 9.79. The first kappa shape index (κ1) is 28.3. The molecule has 3 saturated heterocycles. The molecule has 3 aliphatic rings. The summed E-state index contributed by atoms with van der Waals surface area (Å²) in [4.78, 5) is 29.9. The molecule has 3 heterocycles. The largest absolute Gasteiger partial charge is 0.480 e. The monoisotopic (exact) mass is 552 g/mol. The second-order valence-electron chi connectivity index (χ2n) is 10.4. The van der Waals surface area contributed by atoms with E-state index in [0.29, 0.717) is 57.1 Å². The highest BCUT2D eigenvalue weighted by molar-refractivity contribution is 5.69. The van der Waals surface area contributed by atoms with Crippen molar-refractivity contribution >= 4 is 17.7 Å². The minimum Gasteiger partial charge on any atom is -0.480 e. The van der Waals surface area contributed by atoms with Crippen molar-refractivity contribution in [2.75, 3.05) is 63.8 Å². The summed E-state index contributed by atoms with van der Waals surface area (Å²) in [6.45, 7) is 4.14. The normalized spacial score (nSPS) is 21.4. The Balaban J connectivity index is 1.41. The van der Waals surface area contributed by atoms with Crippen molar-refractivity contribution in [3.05, 3.63) is 29.3 Å². The fourth-order valence-corrected chi connectivity index (χ4v) is 5.39. The van der Waals surface area contributed by atoms with Crippen molar-refractivity contribution in [1.82, 2.24) is 14.7 Å². The molecule has 1 unspecified atom stereocenters. The summed E-state index contributed by atoms with van der Waals surface area (Å²) >= 11 is 0. The van der Waals surface area contributed by atoms with Gasteiger partial charge in [0.25, 0.3) is 0 Å². The Hall–Kier alpha value is -2.74. The van der Waals surface area contributed by atoms with Crippen molar-refractivity contribution in [2.24, 2.45) is 5.41 Å². The number of carbonyl (C=O) groups is 2. The smallest absolute Gasteiger partial charge is 0.425 e. The number of hydrogen-bond donors (Lipinski definition) is 1. The number of anilines is 1. The van der Waals surface area contributed by atoms with Gasteiger partial charge in [0.15, 0.2) is 6.10 Å². The number of hydrogen-bond acceptors (Lipinski definition) is 6. The van der Waals surface area contributed by atoms with E-state index in [0.717, 1.165) is 25.5 Å². The van der Waals surface area contributed by atoms with E-state index < -0.39 is 36.1 Å². The zero-order chi connectivity index (χ0) is 27.9. The highest BCUT2D eigenvalue weighted by atomic mass is 19.4. The molecule has 38 heavy (non-hydrogen) atoms. The Labute approximate surface area is 215 Å². The number of rotatable bonds is 6. The Bertz CT molecular complexity index is 1040. The van der Waals surface area contributed by atoms with Gasteiger partial charge in [-0.15, -0.1) is 0 Å². The molecule has 1 aromatic rings. The quantitative estimate of drug-likeness (QED) is 0.542. The second kappa shape index (κ2) is 10.4. The topological polar surface area (TPSA) is 76.6 Å². The zero-order valence-electron chi connectivity index (χ0n) is 20.8. The van der Waals surface area contributed by atoms with Gasteiger partial charge in [0.2, 0.25) is 0 Å². The predicted octanol–water partition coefficient (Wildman–Crippen LogP) is 3.51. The van der Waals surface area contributed by atoms with E-state index in [1.165, 1.54) is 11.0 Å². The lowest BCUT2D eigenvalue weighted by molar-refractivity contribution is -0.200. The predicted molar refractivity (Wildman–Crippen MR) is 124 cm³/mol.